The van der Waals surface area contributed by atoms with E-state index in [0.717, 1.165) is 25.8 Å². The second-order valence-corrected chi connectivity index (χ2v) is 4.58. The highest BCUT2D eigenvalue weighted by atomic mass is 16.2. The van der Waals surface area contributed by atoms with Gasteiger partial charge in [0.1, 0.15) is 0 Å². The van der Waals surface area contributed by atoms with Crippen molar-refractivity contribution in [1.82, 2.24) is 10.6 Å². The van der Waals surface area contributed by atoms with Gasteiger partial charge in [-0.3, -0.25) is 4.79 Å². The molecule has 0 rings (SSSR count). The molecule has 3 heteroatoms. The fraction of sp³-hybridized carbons (Fsp3) is 0.923. The Morgan fingerprint density at radius 2 is 1.81 bits per heavy atom. The molecule has 16 heavy (non-hydrogen) atoms. The van der Waals surface area contributed by atoms with Gasteiger partial charge in [0.05, 0.1) is 6.04 Å². The van der Waals surface area contributed by atoms with Gasteiger partial charge < -0.3 is 10.6 Å². The SMILES string of the molecule is CCCCCNC(=O)C(C)NC(C)CCC. The zero-order chi connectivity index (χ0) is 12.4. The molecule has 2 N–H and O–H groups in total. The summed E-state index contributed by atoms with van der Waals surface area (Å²) in [4.78, 5) is 11.7. The van der Waals surface area contributed by atoms with Crippen LogP contribution in [0, 0.1) is 0 Å². The van der Waals surface area contributed by atoms with Gasteiger partial charge in [0.2, 0.25) is 5.91 Å². The van der Waals surface area contributed by atoms with Gasteiger partial charge in [-0.15, -0.1) is 0 Å². The normalized spacial score (nSPS) is 14.5. The number of nitrogens with one attached hydrogen (secondary N) is 2. The molecule has 2 atom stereocenters. The quantitative estimate of drug-likeness (QED) is 0.595. The average Bonchev–Trinajstić information content (AvgIpc) is 2.24. The van der Waals surface area contributed by atoms with E-state index in [1.54, 1.807) is 0 Å². The van der Waals surface area contributed by atoms with E-state index in [1.165, 1.54) is 12.8 Å². The maximum Gasteiger partial charge on any atom is 0.236 e. The topological polar surface area (TPSA) is 41.1 Å². The monoisotopic (exact) mass is 228 g/mol. The van der Waals surface area contributed by atoms with E-state index in [2.05, 4.69) is 31.4 Å². The maximum atomic E-state index is 11.7. The molecule has 0 saturated heterocycles. The van der Waals surface area contributed by atoms with Crippen LogP contribution in [-0.2, 0) is 4.79 Å². The lowest BCUT2D eigenvalue weighted by Gasteiger charge is -2.19. The molecule has 0 radical (unpaired) electrons. The number of hydrogen-bond donors (Lipinski definition) is 2. The van der Waals surface area contributed by atoms with Crippen molar-refractivity contribution >= 4 is 5.91 Å². The summed E-state index contributed by atoms with van der Waals surface area (Å²) in [6.07, 6.45) is 5.73. The van der Waals surface area contributed by atoms with Crippen molar-refractivity contribution in [2.45, 2.75) is 71.9 Å². The van der Waals surface area contributed by atoms with Crippen LogP contribution in [0.15, 0.2) is 0 Å². The Balaban J connectivity index is 3.64. The fourth-order valence-corrected chi connectivity index (χ4v) is 1.76. The maximum absolute atomic E-state index is 11.7. The first kappa shape index (κ1) is 15.4. The first-order chi connectivity index (χ1) is 7.61. The minimum Gasteiger partial charge on any atom is -0.355 e. The van der Waals surface area contributed by atoms with Crippen LogP contribution in [0.25, 0.3) is 0 Å². The number of carbonyl (C=O) groups is 1. The van der Waals surface area contributed by atoms with E-state index in [0.29, 0.717) is 6.04 Å². The minimum absolute atomic E-state index is 0.0804. The standard InChI is InChI=1S/C13H28N2O/c1-5-7-8-10-14-13(16)12(4)15-11(3)9-6-2/h11-12,15H,5-10H2,1-4H3,(H,14,16). The molecule has 0 aliphatic heterocycles. The van der Waals surface area contributed by atoms with Gasteiger partial charge in [-0.1, -0.05) is 33.1 Å². The number of carbonyl (C=O) groups excluding carboxylic acids is 1. The second kappa shape index (κ2) is 9.64. The number of hydrogen-bond acceptors (Lipinski definition) is 2. The second-order valence-electron chi connectivity index (χ2n) is 4.58. The Morgan fingerprint density at radius 1 is 1.12 bits per heavy atom. The van der Waals surface area contributed by atoms with E-state index < -0.39 is 0 Å². The molecule has 0 aliphatic rings. The first-order valence-corrected chi connectivity index (χ1v) is 6.65. The van der Waals surface area contributed by atoms with Crippen molar-refractivity contribution < 1.29 is 4.79 Å². The van der Waals surface area contributed by atoms with Crippen LogP contribution in [0.2, 0.25) is 0 Å². The summed E-state index contributed by atoms with van der Waals surface area (Å²) in [7, 11) is 0. The van der Waals surface area contributed by atoms with Gasteiger partial charge in [0.25, 0.3) is 0 Å². The summed E-state index contributed by atoms with van der Waals surface area (Å²) in [5.74, 6) is 0.124. The average molecular weight is 228 g/mol. The highest BCUT2D eigenvalue weighted by Crippen LogP contribution is 1.97. The molecule has 0 spiro atoms. The molecule has 0 heterocycles. The summed E-state index contributed by atoms with van der Waals surface area (Å²) in [5.41, 5.74) is 0. The van der Waals surface area contributed by atoms with E-state index in [1.807, 2.05) is 6.92 Å². The number of rotatable bonds is 9. The summed E-state index contributed by atoms with van der Waals surface area (Å²) in [5, 5.41) is 6.27. The molecule has 0 aromatic rings. The minimum atomic E-state index is -0.0804. The summed E-state index contributed by atoms with van der Waals surface area (Å²) in [6.45, 7) is 9.19. The number of unbranched alkanes of at least 4 members (excludes halogenated alkanes) is 2. The Labute approximate surface area is 100 Å². The van der Waals surface area contributed by atoms with Crippen molar-refractivity contribution in [1.29, 1.82) is 0 Å². The molecule has 0 aromatic carbocycles. The van der Waals surface area contributed by atoms with E-state index in [9.17, 15) is 4.79 Å². The van der Waals surface area contributed by atoms with E-state index >= 15 is 0 Å². The zero-order valence-corrected chi connectivity index (χ0v) is 11.3. The van der Waals surface area contributed by atoms with Crippen LogP contribution >= 0.6 is 0 Å². The third kappa shape index (κ3) is 7.69. The van der Waals surface area contributed by atoms with Gasteiger partial charge in [0, 0.05) is 12.6 Å². The van der Waals surface area contributed by atoms with E-state index in [4.69, 9.17) is 0 Å². The van der Waals surface area contributed by atoms with Crippen LogP contribution in [0.4, 0.5) is 0 Å². The van der Waals surface area contributed by atoms with Crippen molar-refractivity contribution in [3.63, 3.8) is 0 Å². The van der Waals surface area contributed by atoms with Gasteiger partial charge in [-0.2, -0.15) is 0 Å². The van der Waals surface area contributed by atoms with Crippen LogP contribution in [0.3, 0.4) is 0 Å². The Kier molecular flexibility index (Phi) is 9.30. The molecule has 0 fully saturated rings. The number of amides is 1. The van der Waals surface area contributed by atoms with Crippen LogP contribution in [-0.4, -0.2) is 24.5 Å². The van der Waals surface area contributed by atoms with Gasteiger partial charge in [-0.25, -0.2) is 0 Å². The molecule has 2 unspecified atom stereocenters. The predicted octanol–water partition coefficient (Wildman–Crippen LogP) is 2.46. The van der Waals surface area contributed by atoms with Crippen molar-refractivity contribution in [3.05, 3.63) is 0 Å². The largest absolute Gasteiger partial charge is 0.355 e. The van der Waals surface area contributed by atoms with Gasteiger partial charge >= 0.3 is 0 Å². The third-order valence-electron chi connectivity index (χ3n) is 2.73. The third-order valence-corrected chi connectivity index (χ3v) is 2.73. The highest BCUT2D eigenvalue weighted by Gasteiger charge is 2.13. The van der Waals surface area contributed by atoms with Crippen LogP contribution in [0.1, 0.15) is 59.8 Å². The molecule has 0 saturated carbocycles. The fourth-order valence-electron chi connectivity index (χ4n) is 1.76. The lowest BCUT2D eigenvalue weighted by Crippen LogP contribution is -2.45. The predicted molar refractivity (Wildman–Crippen MR) is 69.5 cm³/mol. The molecular weight excluding hydrogens is 200 g/mol. The summed E-state index contributed by atoms with van der Waals surface area (Å²) in [6, 6.07) is 0.338. The van der Waals surface area contributed by atoms with Crippen molar-refractivity contribution in [2.24, 2.45) is 0 Å². The lowest BCUT2D eigenvalue weighted by molar-refractivity contribution is -0.122. The molecule has 96 valence electrons. The van der Waals surface area contributed by atoms with Crippen LogP contribution < -0.4 is 10.6 Å². The smallest absolute Gasteiger partial charge is 0.236 e. The summed E-state index contributed by atoms with van der Waals surface area (Å²) < 4.78 is 0. The molecule has 0 aromatic heterocycles. The van der Waals surface area contributed by atoms with Crippen molar-refractivity contribution in [3.8, 4) is 0 Å². The summed E-state index contributed by atoms with van der Waals surface area (Å²) >= 11 is 0. The zero-order valence-electron chi connectivity index (χ0n) is 11.3. The Morgan fingerprint density at radius 3 is 2.38 bits per heavy atom. The molecule has 0 aliphatic carbocycles. The molecule has 0 bridgehead atoms. The Bertz CT molecular complexity index is 183. The first-order valence-electron chi connectivity index (χ1n) is 6.65. The van der Waals surface area contributed by atoms with Crippen molar-refractivity contribution in [2.75, 3.05) is 6.54 Å². The molecular formula is C13H28N2O. The van der Waals surface area contributed by atoms with Crippen LogP contribution in [0.5, 0.6) is 0 Å². The lowest BCUT2D eigenvalue weighted by atomic mass is 10.1. The van der Waals surface area contributed by atoms with Gasteiger partial charge in [0.15, 0.2) is 0 Å². The van der Waals surface area contributed by atoms with E-state index in [-0.39, 0.29) is 11.9 Å². The van der Waals surface area contributed by atoms with Gasteiger partial charge in [-0.05, 0) is 26.7 Å². The molecule has 1 amide bonds. The Hall–Kier alpha value is -0.570. The highest BCUT2D eigenvalue weighted by molar-refractivity contribution is 5.81. The molecule has 3 nitrogen and oxygen atoms in total.